The molecule has 0 spiro atoms. The Labute approximate surface area is 162 Å². The van der Waals surface area contributed by atoms with Gasteiger partial charge in [0.1, 0.15) is 32.8 Å². The molecule has 0 heterocycles. The summed E-state index contributed by atoms with van der Waals surface area (Å²) in [5.74, 6) is 0.409. The fraction of sp³-hybridized carbons (Fsp3) is 0.529. The van der Waals surface area contributed by atoms with E-state index in [0.717, 1.165) is 17.7 Å². The zero-order chi connectivity index (χ0) is 19.6. The van der Waals surface area contributed by atoms with Crippen LogP contribution in [0.25, 0.3) is 0 Å². The standard InChI is InChI=1S/C17H22Cl2N2O5/c1-17(2,3)26-16(23)21(15(22)20-9-6-7-9)14-12(18)10(24-4)8-11(25-5)13(14)19/h8-9H,6-7H2,1-5H3,(H,20,22). The van der Waals surface area contributed by atoms with E-state index in [4.69, 9.17) is 37.4 Å². The van der Waals surface area contributed by atoms with Gasteiger partial charge in [-0.1, -0.05) is 23.2 Å². The number of urea groups is 1. The Morgan fingerprint density at radius 1 is 1.12 bits per heavy atom. The van der Waals surface area contributed by atoms with Crippen LogP contribution in [-0.2, 0) is 4.74 Å². The van der Waals surface area contributed by atoms with Crippen LogP contribution in [0.3, 0.4) is 0 Å². The lowest BCUT2D eigenvalue weighted by Crippen LogP contribution is -2.47. The molecule has 1 N–H and O–H groups in total. The van der Waals surface area contributed by atoms with Gasteiger partial charge in [-0.3, -0.25) is 0 Å². The Balaban J connectivity index is 2.56. The van der Waals surface area contributed by atoms with Gasteiger partial charge in [-0.15, -0.1) is 0 Å². The van der Waals surface area contributed by atoms with E-state index in [0.29, 0.717) is 0 Å². The maximum absolute atomic E-state index is 12.8. The topological polar surface area (TPSA) is 77.1 Å². The van der Waals surface area contributed by atoms with E-state index in [1.54, 1.807) is 20.8 Å². The molecule has 9 heteroatoms. The predicted octanol–water partition coefficient (Wildman–Crippen LogP) is 4.62. The summed E-state index contributed by atoms with van der Waals surface area (Å²) in [7, 11) is 2.81. The monoisotopic (exact) mass is 404 g/mol. The molecule has 3 amide bonds. The Morgan fingerprint density at radius 2 is 1.62 bits per heavy atom. The summed E-state index contributed by atoms with van der Waals surface area (Å²) < 4.78 is 15.8. The molecule has 26 heavy (non-hydrogen) atoms. The third kappa shape index (κ3) is 4.65. The number of methoxy groups -OCH3 is 2. The normalized spacial score (nSPS) is 13.8. The van der Waals surface area contributed by atoms with Gasteiger partial charge >= 0.3 is 12.1 Å². The number of nitrogens with zero attached hydrogens (tertiary/aromatic N) is 1. The number of carbonyl (C=O) groups excluding carboxylic acids is 2. The van der Waals surface area contributed by atoms with Crippen LogP contribution in [0, 0.1) is 0 Å². The third-order valence-electron chi connectivity index (χ3n) is 3.46. The molecule has 0 radical (unpaired) electrons. The van der Waals surface area contributed by atoms with Crippen molar-refractivity contribution in [2.75, 3.05) is 19.1 Å². The van der Waals surface area contributed by atoms with Gasteiger partial charge in [-0.2, -0.15) is 4.90 Å². The van der Waals surface area contributed by atoms with E-state index in [1.807, 2.05) is 0 Å². The molecule has 1 fully saturated rings. The first-order valence-electron chi connectivity index (χ1n) is 8.02. The molecule has 0 saturated heterocycles. The number of rotatable bonds is 4. The van der Waals surface area contributed by atoms with Crippen molar-refractivity contribution >= 4 is 41.0 Å². The predicted molar refractivity (Wildman–Crippen MR) is 99.8 cm³/mol. The van der Waals surface area contributed by atoms with Crippen LogP contribution in [-0.4, -0.2) is 38.0 Å². The number of carbonyl (C=O) groups is 2. The van der Waals surface area contributed by atoms with Gasteiger partial charge < -0.3 is 19.5 Å². The van der Waals surface area contributed by atoms with Crippen LogP contribution < -0.4 is 19.7 Å². The van der Waals surface area contributed by atoms with E-state index in [-0.39, 0.29) is 33.3 Å². The summed E-state index contributed by atoms with van der Waals surface area (Å²) in [4.78, 5) is 26.3. The van der Waals surface area contributed by atoms with E-state index in [2.05, 4.69) is 5.32 Å². The maximum Gasteiger partial charge on any atom is 0.423 e. The summed E-state index contributed by atoms with van der Waals surface area (Å²) in [5, 5.41) is 2.73. The number of benzene rings is 1. The van der Waals surface area contributed by atoms with E-state index in [9.17, 15) is 9.59 Å². The zero-order valence-corrected chi connectivity index (χ0v) is 16.8. The van der Waals surface area contributed by atoms with E-state index in [1.165, 1.54) is 20.3 Å². The molecular weight excluding hydrogens is 383 g/mol. The molecule has 0 bridgehead atoms. The van der Waals surface area contributed by atoms with Gasteiger partial charge in [-0.25, -0.2) is 9.59 Å². The molecule has 1 aliphatic rings. The van der Waals surface area contributed by atoms with Gasteiger partial charge in [0.2, 0.25) is 0 Å². The summed E-state index contributed by atoms with van der Waals surface area (Å²) in [6.45, 7) is 5.08. The Kier molecular flexibility index (Phi) is 6.13. The lowest BCUT2D eigenvalue weighted by molar-refractivity contribution is 0.0593. The number of imide groups is 1. The number of amides is 3. The first-order chi connectivity index (χ1) is 12.1. The molecule has 1 aromatic carbocycles. The van der Waals surface area contributed by atoms with Gasteiger partial charge in [0, 0.05) is 12.1 Å². The molecule has 0 unspecified atom stereocenters. The molecule has 1 saturated carbocycles. The Hall–Kier alpha value is -1.86. The first-order valence-corrected chi connectivity index (χ1v) is 8.78. The SMILES string of the molecule is COc1cc(OC)c(Cl)c(N(C(=O)NC2CC2)C(=O)OC(C)(C)C)c1Cl. The van der Waals surface area contributed by atoms with Gasteiger partial charge in [0.05, 0.1) is 14.2 Å². The highest BCUT2D eigenvalue weighted by Crippen LogP contribution is 2.46. The quantitative estimate of drug-likeness (QED) is 0.791. The van der Waals surface area contributed by atoms with E-state index < -0.39 is 17.7 Å². The third-order valence-corrected chi connectivity index (χ3v) is 4.19. The van der Waals surface area contributed by atoms with Gasteiger partial charge in [-0.05, 0) is 33.6 Å². The number of halogens is 2. The molecule has 2 rings (SSSR count). The first kappa shape index (κ1) is 20.5. The Bertz CT molecular complexity index is 686. The van der Waals surface area contributed by atoms with Crippen molar-refractivity contribution in [2.24, 2.45) is 0 Å². The molecule has 0 atom stereocenters. The summed E-state index contributed by atoms with van der Waals surface area (Å²) >= 11 is 12.7. The van der Waals surface area contributed by atoms with Gasteiger partial charge in [0.15, 0.2) is 0 Å². The van der Waals surface area contributed by atoms with Crippen molar-refractivity contribution in [1.29, 1.82) is 0 Å². The van der Waals surface area contributed by atoms with Crippen LogP contribution in [0.2, 0.25) is 10.0 Å². The largest absolute Gasteiger partial charge is 0.495 e. The van der Waals surface area contributed by atoms with Gasteiger partial charge in [0.25, 0.3) is 0 Å². The van der Waals surface area contributed by atoms with Crippen LogP contribution >= 0.6 is 23.2 Å². The minimum atomic E-state index is -0.908. The van der Waals surface area contributed by atoms with Crippen molar-refractivity contribution in [3.8, 4) is 11.5 Å². The lowest BCUT2D eigenvalue weighted by Gasteiger charge is -2.28. The summed E-state index contributed by atoms with van der Waals surface area (Å²) in [6.07, 6.45) is 0.780. The summed E-state index contributed by atoms with van der Waals surface area (Å²) in [5.41, 5.74) is -0.881. The van der Waals surface area contributed by atoms with Crippen molar-refractivity contribution < 1.29 is 23.8 Å². The lowest BCUT2D eigenvalue weighted by atomic mass is 10.2. The molecular formula is C17H22Cl2N2O5. The van der Waals surface area contributed by atoms with Crippen molar-refractivity contribution in [1.82, 2.24) is 5.32 Å². The molecule has 1 aromatic rings. The van der Waals surface area contributed by atoms with E-state index >= 15 is 0 Å². The zero-order valence-electron chi connectivity index (χ0n) is 15.3. The fourth-order valence-electron chi connectivity index (χ4n) is 2.12. The highest BCUT2D eigenvalue weighted by Gasteiger charge is 2.36. The van der Waals surface area contributed by atoms with Crippen molar-refractivity contribution in [3.05, 3.63) is 16.1 Å². The second-order valence-corrected chi connectivity index (χ2v) is 7.55. The molecule has 7 nitrogen and oxygen atoms in total. The maximum atomic E-state index is 12.8. The minimum Gasteiger partial charge on any atom is -0.495 e. The van der Waals surface area contributed by atoms with Crippen LogP contribution in [0.4, 0.5) is 15.3 Å². The van der Waals surface area contributed by atoms with Crippen LogP contribution in [0.5, 0.6) is 11.5 Å². The van der Waals surface area contributed by atoms with Crippen LogP contribution in [0.1, 0.15) is 33.6 Å². The second kappa shape index (κ2) is 7.80. The molecule has 0 aromatic heterocycles. The average molecular weight is 405 g/mol. The minimum absolute atomic E-state index is 0.00453. The number of nitrogens with one attached hydrogen (secondary N) is 1. The van der Waals surface area contributed by atoms with Crippen LogP contribution in [0.15, 0.2) is 6.07 Å². The highest BCUT2D eigenvalue weighted by atomic mass is 35.5. The average Bonchev–Trinajstić information content (AvgIpc) is 3.33. The molecule has 1 aliphatic carbocycles. The number of hydrogen-bond donors (Lipinski definition) is 1. The molecule has 0 aliphatic heterocycles. The fourth-order valence-corrected chi connectivity index (χ4v) is 2.79. The van der Waals surface area contributed by atoms with Crippen molar-refractivity contribution in [3.63, 3.8) is 0 Å². The highest BCUT2D eigenvalue weighted by molar-refractivity contribution is 6.43. The number of ether oxygens (including phenoxy) is 3. The summed E-state index contributed by atoms with van der Waals surface area (Å²) in [6, 6.07) is 0.804. The number of anilines is 1. The Morgan fingerprint density at radius 3 is 2.00 bits per heavy atom. The smallest absolute Gasteiger partial charge is 0.423 e. The number of hydrogen-bond acceptors (Lipinski definition) is 5. The second-order valence-electron chi connectivity index (χ2n) is 6.80. The molecule has 144 valence electrons. The van der Waals surface area contributed by atoms with Crippen molar-refractivity contribution in [2.45, 2.75) is 45.3 Å².